The van der Waals surface area contributed by atoms with Gasteiger partial charge in [-0.3, -0.25) is 4.48 Å². The molecule has 4 nitrogen and oxygen atoms in total. The van der Waals surface area contributed by atoms with Crippen LogP contribution in [0.25, 0.3) is 0 Å². The first-order valence-electron chi connectivity index (χ1n) is 11.1. The van der Waals surface area contributed by atoms with Crippen molar-refractivity contribution in [2.45, 2.75) is 83.4 Å². The van der Waals surface area contributed by atoms with Crippen LogP contribution in [0.4, 0.5) is 0 Å². The van der Waals surface area contributed by atoms with Crippen LogP contribution >= 0.6 is 0 Å². The molecule has 0 radical (unpaired) electrons. The molecule has 0 aromatic carbocycles. The van der Waals surface area contributed by atoms with E-state index in [1.807, 2.05) is 0 Å². The fraction of sp³-hybridized carbons (Fsp3) is 0.955. The highest BCUT2D eigenvalue weighted by Crippen LogP contribution is 2.85. The lowest BCUT2D eigenvalue weighted by Crippen LogP contribution is -2.73. The maximum absolute atomic E-state index is 12.4. The predicted octanol–water partition coefficient (Wildman–Crippen LogP) is 2.05. The van der Waals surface area contributed by atoms with Crippen molar-refractivity contribution in [2.24, 2.45) is 34.0 Å². The van der Waals surface area contributed by atoms with Crippen LogP contribution in [0.3, 0.4) is 0 Å². The van der Waals surface area contributed by atoms with E-state index in [2.05, 4.69) is 13.8 Å². The first-order valence-corrected chi connectivity index (χ1v) is 11.1. The van der Waals surface area contributed by atoms with Crippen LogP contribution in [0.15, 0.2) is 0 Å². The Morgan fingerprint density at radius 3 is 2.81 bits per heavy atom. The number of carboxylic acids is 1. The smallest absolute Gasteiger partial charge is 0.207 e. The number of nitrogens with zero attached hydrogens (tertiary/aromatic N) is 1. The zero-order valence-corrected chi connectivity index (χ0v) is 16.3. The molecule has 1 N–H and O–H groups in total. The molecule has 26 heavy (non-hydrogen) atoms. The number of hydrogen-bond donors (Lipinski definition) is 1. The van der Waals surface area contributed by atoms with Crippen molar-refractivity contribution in [3.05, 3.63) is 0 Å². The van der Waals surface area contributed by atoms with E-state index in [0.29, 0.717) is 29.2 Å². The number of fused-ring (bicyclic) bond motifs is 1. The minimum Gasteiger partial charge on any atom is -0.550 e. The zero-order chi connectivity index (χ0) is 18.2. The van der Waals surface area contributed by atoms with Crippen LogP contribution in [-0.4, -0.2) is 40.4 Å². The first kappa shape index (κ1) is 16.4. The Balaban J connectivity index is 1.65. The van der Waals surface area contributed by atoms with E-state index in [1.165, 1.54) is 38.6 Å². The highest BCUT2D eigenvalue weighted by atomic mass is 16.4. The van der Waals surface area contributed by atoms with E-state index in [1.54, 1.807) is 0 Å². The summed E-state index contributed by atoms with van der Waals surface area (Å²) in [5.74, 6) is 1.07. The molecule has 4 aliphatic heterocycles. The highest BCUT2D eigenvalue weighted by molar-refractivity contribution is 5.64. The molecule has 6 fully saturated rings. The Morgan fingerprint density at radius 1 is 1.23 bits per heavy atom. The SMILES string of the molecule is C[C@@H]1C[N+]23C[C@@]45CCC[C@H]4[C@@]4(CCC(=O)[O-])[C@@H]2[C@@H]1CC[C@@]4(C)[C@]3(O)CC5. The lowest BCUT2D eigenvalue weighted by Gasteiger charge is -2.62. The van der Waals surface area contributed by atoms with Crippen molar-refractivity contribution < 1.29 is 19.5 Å². The number of carboxylic acid groups (broad SMARTS) is 1. The van der Waals surface area contributed by atoms with Gasteiger partial charge < -0.3 is 15.0 Å². The van der Waals surface area contributed by atoms with Gasteiger partial charge in [-0.2, -0.15) is 0 Å². The zero-order valence-electron chi connectivity index (χ0n) is 16.3. The van der Waals surface area contributed by atoms with Crippen molar-refractivity contribution in [1.82, 2.24) is 0 Å². The van der Waals surface area contributed by atoms with Crippen LogP contribution in [-0.2, 0) is 4.79 Å². The second-order valence-corrected chi connectivity index (χ2v) is 11.4. The minimum atomic E-state index is -0.896. The summed E-state index contributed by atoms with van der Waals surface area (Å²) in [5.41, 5.74) is -0.359. The quantitative estimate of drug-likeness (QED) is 0.785. The van der Waals surface area contributed by atoms with E-state index in [9.17, 15) is 15.0 Å². The van der Waals surface area contributed by atoms with E-state index in [-0.39, 0.29) is 17.3 Å². The first-order chi connectivity index (χ1) is 12.3. The number of quaternary nitrogens is 1. The van der Waals surface area contributed by atoms with Crippen LogP contribution in [0.5, 0.6) is 0 Å². The summed E-state index contributed by atoms with van der Waals surface area (Å²) in [6.45, 7) is 7.09. The number of aliphatic carboxylic acids is 1. The standard InChI is InChI=1S/C22H33NO3/c1-14-12-23-13-20-7-3-4-16(20)21(9-6-17(24)25)18(23)15(14)5-8-19(21,2)22(23,26)11-10-20/h14-16,18,26H,3-13H2,1-2H3/t14-,15-,16-,18+,19-,20+,21+,22-,23?/m1/s1. The van der Waals surface area contributed by atoms with E-state index in [4.69, 9.17) is 0 Å². The largest absolute Gasteiger partial charge is 0.550 e. The molecule has 6 rings (SSSR count). The van der Waals surface area contributed by atoms with Crippen molar-refractivity contribution in [1.29, 1.82) is 0 Å². The van der Waals surface area contributed by atoms with Gasteiger partial charge in [0.2, 0.25) is 5.72 Å². The molecule has 4 heteroatoms. The fourth-order valence-corrected chi connectivity index (χ4v) is 11.0. The van der Waals surface area contributed by atoms with Gasteiger partial charge in [0.25, 0.3) is 0 Å². The number of rotatable bonds is 3. The van der Waals surface area contributed by atoms with E-state index >= 15 is 0 Å². The Bertz CT molecular complexity index is 710. The highest BCUT2D eigenvalue weighted by Gasteiger charge is 2.92. The summed E-state index contributed by atoms with van der Waals surface area (Å²) in [7, 11) is 0. The Hall–Kier alpha value is -0.610. The molecular weight excluding hydrogens is 326 g/mol. The molecule has 0 aromatic rings. The number of piperidine rings is 2. The molecule has 2 aliphatic carbocycles. The van der Waals surface area contributed by atoms with Gasteiger partial charge in [-0.05, 0) is 50.9 Å². The second kappa shape index (κ2) is 4.35. The molecule has 1 unspecified atom stereocenters. The van der Waals surface area contributed by atoms with Gasteiger partial charge in [-0.15, -0.1) is 0 Å². The lowest BCUT2D eigenvalue weighted by molar-refractivity contribution is -1.02. The van der Waals surface area contributed by atoms with Gasteiger partial charge in [0.05, 0.1) is 18.5 Å². The van der Waals surface area contributed by atoms with Crippen LogP contribution in [0.1, 0.15) is 71.6 Å². The molecule has 4 heterocycles. The number of carbonyl (C=O) groups excluding carboxylic acids is 1. The van der Waals surface area contributed by atoms with Gasteiger partial charge >= 0.3 is 0 Å². The van der Waals surface area contributed by atoms with Crippen LogP contribution < -0.4 is 5.11 Å². The summed E-state index contributed by atoms with van der Waals surface area (Å²) in [6, 6.07) is 0.497. The number of hydrogen-bond acceptors (Lipinski definition) is 3. The third-order valence-corrected chi connectivity index (χ3v) is 11.3. The molecule has 0 amide bonds. The fourth-order valence-electron chi connectivity index (χ4n) is 11.0. The van der Waals surface area contributed by atoms with E-state index < -0.39 is 11.7 Å². The summed E-state index contributed by atoms with van der Waals surface area (Å²) in [5, 5.41) is 24.0. The molecule has 0 aromatic heterocycles. The summed E-state index contributed by atoms with van der Waals surface area (Å²) in [6.07, 6.45) is 9.24. The number of carbonyl (C=O) groups is 1. The molecule has 9 atom stereocenters. The van der Waals surface area contributed by atoms with Gasteiger partial charge in [0, 0.05) is 35.1 Å². The maximum atomic E-state index is 12.4. The van der Waals surface area contributed by atoms with Crippen molar-refractivity contribution >= 4 is 5.97 Å². The Labute approximate surface area is 156 Å². The molecule has 2 spiro atoms. The molecule has 2 saturated carbocycles. The van der Waals surface area contributed by atoms with Gasteiger partial charge in [-0.1, -0.05) is 20.3 Å². The topological polar surface area (TPSA) is 60.4 Å². The van der Waals surface area contributed by atoms with Gasteiger partial charge in [0.15, 0.2) is 0 Å². The molecule has 6 aliphatic rings. The summed E-state index contributed by atoms with van der Waals surface area (Å²) in [4.78, 5) is 11.5. The average molecular weight is 360 g/mol. The van der Waals surface area contributed by atoms with Crippen LogP contribution in [0, 0.1) is 34.0 Å². The summed E-state index contributed by atoms with van der Waals surface area (Å²) < 4.78 is 0.943. The van der Waals surface area contributed by atoms with Gasteiger partial charge in [-0.25, -0.2) is 0 Å². The second-order valence-electron chi connectivity index (χ2n) is 11.4. The third kappa shape index (κ3) is 1.29. The average Bonchev–Trinajstić information content (AvgIpc) is 3.12. The Morgan fingerprint density at radius 2 is 2.04 bits per heavy atom. The molecule has 5 bridgehead atoms. The lowest BCUT2D eigenvalue weighted by atomic mass is 9.44. The maximum Gasteiger partial charge on any atom is 0.207 e. The summed E-state index contributed by atoms with van der Waals surface area (Å²) >= 11 is 0. The van der Waals surface area contributed by atoms with Gasteiger partial charge in [0.1, 0.15) is 6.04 Å². The monoisotopic (exact) mass is 359 g/mol. The van der Waals surface area contributed by atoms with Crippen LogP contribution in [0.2, 0.25) is 0 Å². The number of aliphatic hydroxyl groups is 1. The minimum absolute atomic E-state index is 0.0146. The third-order valence-electron chi connectivity index (χ3n) is 11.3. The predicted molar refractivity (Wildman–Crippen MR) is 94.4 cm³/mol. The molecule has 4 saturated heterocycles. The van der Waals surface area contributed by atoms with Crippen molar-refractivity contribution in [3.63, 3.8) is 0 Å². The Kier molecular flexibility index (Phi) is 2.74. The van der Waals surface area contributed by atoms with Crippen molar-refractivity contribution in [2.75, 3.05) is 13.1 Å². The van der Waals surface area contributed by atoms with E-state index in [0.717, 1.165) is 30.3 Å². The normalized spacial score (nSPS) is 64.0. The molecule has 144 valence electrons. The van der Waals surface area contributed by atoms with Crippen molar-refractivity contribution in [3.8, 4) is 0 Å². The molecular formula is C22H33NO3.